The van der Waals surface area contributed by atoms with Gasteiger partial charge >= 0.3 is 0 Å². The number of tetrazole rings is 1. The number of aryl methyl sites for hydroxylation is 1. The molecular weight excluding hydrogens is 392 g/mol. The molecule has 4 aromatic rings. The van der Waals surface area contributed by atoms with Crippen molar-refractivity contribution in [2.24, 2.45) is 0 Å². The molecule has 31 heavy (non-hydrogen) atoms. The first-order chi connectivity index (χ1) is 15.0. The minimum Gasteiger partial charge on any atom is -0.288 e. The molecule has 4 rings (SSSR count). The van der Waals surface area contributed by atoms with E-state index in [4.69, 9.17) is 0 Å². The Labute approximate surface area is 179 Å². The number of nitrogens with zero attached hydrogens (tertiary/aromatic N) is 6. The van der Waals surface area contributed by atoms with Gasteiger partial charge in [-0.25, -0.2) is 0 Å². The van der Waals surface area contributed by atoms with E-state index in [2.05, 4.69) is 20.4 Å². The average molecular weight is 414 g/mol. The van der Waals surface area contributed by atoms with Crippen LogP contribution < -0.4 is 0 Å². The topological polar surface area (TPSA) is 90.0 Å². The highest BCUT2D eigenvalue weighted by molar-refractivity contribution is 5.41. The summed E-state index contributed by atoms with van der Waals surface area (Å²) >= 11 is 0. The van der Waals surface area contributed by atoms with Crippen molar-refractivity contribution in [2.45, 2.75) is 19.5 Å². The Balaban J connectivity index is 1.72. The molecule has 0 saturated heterocycles. The maximum atomic E-state index is 11.0. The Hall–Kier alpha value is -3.91. The maximum Gasteiger partial charge on any atom is 0.269 e. The van der Waals surface area contributed by atoms with Gasteiger partial charge in [-0.3, -0.25) is 15.0 Å². The molecule has 156 valence electrons. The van der Waals surface area contributed by atoms with E-state index < -0.39 is 4.92 Å². The minimum absolute atomic E-state index is 0.0782. The molecule has 0 aliphatic carbocycles. The van der Waals surface area contributed by atoms with Gasteiger partial charge in [-0.1, -0.05) is 60.7 Å². The quantitative estimate of drug-likeness (QED) is 0.334. The predicted octanol–water partition coefficient (Wildman–Crippen LogP) is 4.10. The molecule has 3 aromatic carbocycles. The summed E-state index contributed by atoms with van der Waals surface area (Å²) in [4.78, 5) is 12.7. The fourth-order valence-corrected chi connectivity index (χ4v) is 3.68. The van der Waals surface area contributed by atoms with Crippen LogP contribution in [0.1, 0.15) is 28.6 Å². The van der Waals surface area contributed by atoms with Crippen LogP contribution in [0.15, 0.2) is 78.9 Å². The smallest absolute Gasteiger partial charge is 0.269 e. The van der Waals surface area contributed by atoms with Crippen molar-refractivity contribution in [3.05, 3.63) is 111 Å². The summed E-state index contributed by atoms with van der Waals surface area (Å²) in [5.74, 6) is 0.699. The summed E-state index contributed by atoms with van der Waals surface area (Å²) in [6.07, 6.45) is 0. The molecule has 0 bridgehead atoms. The fraction of sp³-hybridized carbons (Fsp3) is 0.174. The van der Waals surface area contributed by atoms with Gasteiger partial charge < -0.3 is 0 Å². The van der Waals surface area contributed by atoms with Crippen molar-refractivity contribution >= 4 is 5.69 Å². The van der Waals surface area contributed by atoms with Gasteiger partial charge in [-0.2, -0.15) is 4.68 Å². The fourth-order valence-electron chi connectivity index (χ4n) is 3.68. The van der Waals surface area contributed by atoms with E-state index >= 15 is 0 Å². The van der Waals surface area contributed by atoms with Crippen LogP contribution in [0.3, 0.4) is 0 Å². The molecule has 8 heteroatoms. The van der Waals surface area contributed by atoms with Gasteiger partial charge in [-0.05, 0) is 47.2 Å². The van der Waals surface area contributed by atoms with Crippen LogP contribution in [0.5, 0.6) is 0 Å². The van der Waals surface area contributed by atoms with Crippen molar-refractivity contribution in [1.29, 1.82) is 0 Å². The highest BCUT2D eigenvalue weighted by Gasteiger charge is 2.26. The Morgan fingerprint density at radius 1 is 1.00 bits per heavy atom. The second-order valence-electron chi connectivity index (χ2n) is 7.39. The first-order valence-corrected chi connectivity index (χ1v) is 9.87. The van der Waals surface area contributed by atoms with Gasteiger partial charge in [0.05, 0.1) is 16.7 Å². The Morgan fingerprint density at radius 3 is 2.35 bits per heavy atom. The molecule has 0 aliphatic heterocycles. The van der Waals surface area contributed by atoms with Crippen LogP contribution in [0, 0.1) is 17.0 Å². The summed E-state index contributed by atoms with van der Waals surface area (Å²) in [5.41, 5.74) is 4.09. The first-order valence-electron chi connectivity index (χ1n) is 9.87. The zero-order valence-corrected chi connectivity index (χ0v) is 17.3. The molecule has 0 saturated carbocycles. The maximum absolute atomic E-state index is 11.0. The molecular formula is C23H22N6O2. The largest absolute Gasteiger partial charge is 0.288 e. The zero-order chi connectivity index (χ0) is 21.8. The second-order valence-corrected chi connectivity index (χ2v) is 7.39. The summed E-state index contributed by atoms with van der Waals surface area (Å²) in [7, 11) is 2.00. The Morgan fingerprint density at radius 2 is 1.68 bits per heavy atom. The van der Waals surface area contributed by atoms with Crippen LogP contribution >= 0.6 is 0 Å². The van der Waals surface area contributed by atoms with Crippen LogP contribution in [0.25, 0.3) is 5.69 Å². The lowest BCUT2D eigenvalue weighted by Crippen LogP contribution is -2.28. The standard InChI is InChI=1S/C23H22N6O2/c1-17-8-6-7-11-21(17)28-23(24-25-26-28)22(19-9-4-3-5-10-19)27(2)16-18-12-14-20(15-13-18)29(30)31/h3-15,22H,16H2,1-2H3. The van der Waals surface area contributed by atoms with Crippen LogP contribution in [-0.4, -0.2) is 37.1 Å². The molecule has 0 aliphatic rings. The summed E-state index contributed by atoms with van der Waals surface area (Å²) in [6.45, 7) is 2.59. The van der Waals surface area contributed by atoms with Crippen molar-refractivity contribution in [3.63, 3.8) is 0 Å². The average Bonchev–Trinajstić information content (AvgIpc) is 3.24. The lowest BCUT2D eigenvalue weighted by Gasteiger charge is -2.28. The van der Waals surface area contributed by atoms with Gasteiger partial charge in [-0.15, -0.1) is 5.10 Å². The van der Waals surface area contributed by atoms with Crippen LogP contribution in [0.2, 0.25) is 0 Å². The molecule has 0 amide bonds. The van der Waals surface area contributed by atoms with E-state index in [-0.39, 0.29) is 11.7 Å². The Kier molecular flexibility index (Phi) is 5.81. The number of hydrogen-bond acceptors (Lipinski definition) is 6. The molecule has 8 nitrogen and oxygen atoms in total. The van der Waals surface area contributed by atoms with E-state index in [0.717, 1.165) is 22.4 Å². The SMILES string of the molecule is Cc1ccccc1-n1nnnc1C(c1ccccc1)N(C)Cc1ccc([N+](=O)[O-])cc1. The third kappa shape index (κ3) is 4.34. The number of aromatic nitrogens is 4. The number of nitro groups is 1. The monoisotopic (exact) mass is 414 g/mol. The first kappa shape index (κ1) is 20.4. The lowest BCUT2D eigenvalue weighted by molar-refractivity contribution is -0.384. The summed E-state index contributed by atoms with van der Waals surface area (Å²) < 4.78 is 1.78. The molecule has 1 heterocycles. The molecule has 1 unspecified atom stereocenters. The van der Waals surface area contributed by atoms with Crippen molar-refractivity contribution < 1.29 is 4.92 Å². The number of nitro benzene ring substituents is 1. The van der Waals surface area contributed by atoms with Gasteiger partial charge in [0, 0.05) is 18.7 Å². The van der Waals surface area contributed by atoms with Gasteiger partial charge in [0.15, 0.2) is 5.82 Å². The summed E-state index contributed by atoms with van der Waals surface area (Å²) in [6, 6.07) is 24.4. The zero-order valence-electron chi connectivity index (χ0n) is 17.3. The lowest BCUT2D eigenvalue weighted by atomic mass is 10.0. The second kappa shape index (κ2) is 8.85. The highest BCUT2D eigenvalue weighted by Crippen LogP contribution is 2.29. The molecule has 0 spiro atoms. The van der Waals surface area contributed by atoms with Gasteiger partial charge in [0.25, 0.3) is 5.69 Å². The van der Waals surface area contributed by atoms with Gasteiger partial charge in [0.2, 0.25) is 0 Å². The van der Waals surface area contributed by atoms with Gasteiger partial charge in [0.1, 0.15) is 0 Å². The van der Waals surface area contributed by atoms with Crippen LogP contribution in [0.4, 0.5) is 5.69 Å². The van der Waals surface area contributed by atoms with E-state index in [1.165, 1.54) is 12.1 Å². The molecule has 1 atom stereocenters. The van der Waals surface area contributed by atoms with Crippen molar-refractivity contribution in [3.8, 4) is 5.69 Å². The summed E-state index contributed by atoms with van der Waals surface area (Å²) in [5, 5.41) is 23.6. The van der Waals surface area contributed by atoms with Crippen molar-refractivity contribution in [1.82, 2.24) is 25.1 Å². The number of benzene rings is 3. The van der Waals surface area contributed by atoms with Crippen molar-refractivity contribution in [2.75, 3.05) is 7.05 Å². The van der Waals surface area contributed by atoms with E-state index in [9.17, 15) is 10.1 Å². The van der Waals surface area contributed by atoms with E-state index in [1.54, 1.807) is 16.8 Å². The third-order valence-electron chi connectivity index (χ3n) is 5.22. The number of rotatable bonds is 7. The number of hydrogen-bond donors (Lipinski definition) is 0. The molecule has 1 aromatic heterocycles. The van der Waals surface area contributed by atoms with E-state index in [0.29, 0.717) is 12.4 Å². The predicted molar refractivity (Wildman–Crippen MR) is 117 cm³/mol. The normalized spacial score (nSPS) is 12.1. The molecule has 0 N–H and O–H groups in total. The minimum atomic E-state index is -0.392. The molecule has 0 fully saturated rings. The Bertz CT molecular complexity index is 1170. The molecule has 0 radical (unpaired) electrons. The van der Waals surface area contributed by atoms with E-state index in [1.807, 2.05) is 68.6 Å². The van der Waals surface area contributed by atoms with Crippen LogP contribution in [-0.2, 0) is 6.54 Å². The number of para-hydroxylation sites is 1. The number of non-ortho nitro benzene ring substituents is 1. The highest BCUT2D eigenvalue weighted by atomic mass is 16.6. The third-order valence-corrected chi connectivity index (χ3v) is 5.22.